The Labute approximate surface area is 49.3 Å². The third-order valence-electron chi connectivity index (χ3n) is 2.25. The molecule has 1 aliphatic rings. The molecule has 0 radical (unpaired) electrons. The Balaban J connectivity index is 2.35. The molecular formula is C6H11NO. The van der Waals surface area contributed by atoms with Gasteiger partial charge < -0.3 is 0 Å². The van der Waals surface area contributed by atoms with E-state index in [1.807, 2.05) is 0 Å². The molecule has 0 aliphatic heterocycles. The molecule has 1 aliphatic carbocycles. The van der Waals surface area contributed by atoms with Crippen LogP contribution >= 0.6 is 0 Å². The van der Waals surface area contributed by atoms with E-state index in [9.17, 15) is 4.91 Å². The van der Waals surface area contributed by atoms with Crippen molar-refractivity contribution in [2.24, 2.45) is 17.0 Å². The zero-order valence-corrected chi connectivity index (χ0v) is 5.29. The van der Waals surface area contributed by atoms with Crippen LogP contribution in [0.4, 0.5) is 0 Å². The van der Waals surface area contributed by atoms with Gasteiger partial charge >= 0.3 is 0 Å². The minimum Gasteiger partial charge on any atom is -0.151 e. The average Bonchev–Trinajstić information content (AvgIpc) is 1.81. The highest BCUT2D eigenvalue weighted by atomic mass is 16.3. The Bertz CT molecular complexity index is 103. The number of hydrogen-bond donors (Lipinski definition) is 0. The van der Waals surface area contributed by atoms with Crippen molar-refractivity contribution in [2.45, 2.75) is 26.3 Å². The van der Waals surface area contributed by atoms with Gasteiger partial charge in [-0.05, 0) is 18.3 Å². The van der Waals surface area contributed by atoms with Crippen molar-refractivity contribution in [3.05, 3.63) is 4.91 Å². The normalized spacial score (nSPS) is 45.5. The summed E-state index contributed by atoms with van der Waals surface area (Å²) >= 11 is 0. The summed E-state index contributed by atoms with van der Waals surface area (Å²) < 4.78 is 0. The molecular weight excluding hydrogens is 102 g/mol. The Morgan fingerprint density at radius 1 is 1.50 bits per heavy atom. The standard InChI is InChI=1S/C6H11NO/c1-4-3-6(7-8)5(4)2/h4-6H,3H2,1-2H3. The van der Waals surface area contributed by atoms with Gasteiger partial charge in [0.1, 0.15) is 0 Å². The fourth-order valence-electron chi connectivity index (χ4n) is 1.13. The highest BCUT2D eigenvalue weighted by Crippen LogP contribution is 2.35. The summed E-state index contributed by atoms with van der Waals surface area (Å²) in [7, 11) is 0. The molecule has 0 aromatic carbocycles. The summed E-state index contributed by atoms with van der Waals surface area (Å²) in [5.74, 6) is 1.25. The molecule has 46 valence electrons. The van der Waals surface area contributed by atoms with E-state index < -0.39 is 0 Å². The van der Waals surface area contributed by atoms with Crippen LogP contribution in [0, 0.1) is 16.7 Å². The van der Waals surface area contributed by atoms with Crippen LogP contribution in [0.2, 0.25) is 0 Å². The lowest BCUT2D eigenvalue weighted by Crippen LogP contribution is -2.35. The molecule has 0 heterocycles. The Morgan fingerprint density at radius 2 is 2.12 bits per heavy atom. The zero-order chi connectivity index (χ0) is 6.15. The van der Waals surface area contributed by atoms with E-state index in [4.69, 9.17) is 0 Å². The van der Waals surface area contributed by atoms with Crippen molar-refractivity contribution in [3.8, 4) is 0 Å². The van der Waals surface area contributed by atoms with Crippen LogP contribution in [-0.4, -0.2) is 6.04 Å². The van der Waals surface area contributed by atoms with Gasteiger partial charge in [0.25, 0.3) is 0 Å². The molecule has 2 nitrogen and oxygen atoms in total. The van der Waals surface area contributed by atoms with Gasteiger partial charge in [-0.1, -0.05) is 19.0 Å². The predicted molar refractivity (Wildman–Crippen MR) is 32.5 cm³/mol. The van der Waals surface area contributed by atoms with Gasteiger partial charge in [-0.3, -0.25) is 0 Å². The van der Waals surface area contributed by atoms with Crippen LogP contribution in [0.1, 0.15) is 20.3 Å². The molecule has 0 saturated heterocycles. The highest BCUT2D eigenvalue weighted by molar-refractivity contribution is 4.88. The van der Waals surface area contributed by atoms with E-state index in [1.54, 1.807) is 0 Å². The number of rotatable bonds is 1. The zero-order valence-electron chi connectivity index (χ0n) is 5.29. The molecule has 1 rings (SSSR count). The van der Waals surface area contributed by atoms with E-state index in [2.05, 4.69) is 19.0 Å². The first-order valence-corrected chi connectivity index (χ1v) is 3.08. The molecule has 1 saturated carbocycles. The van der Waals surface area contributed by atoms with E-state index in [0.29, 0.717) is 5.92 Å². The fraction of sp³-hybridized carbons (Fsp3) is 1.00. The monoisotopic (exact) mass is 113 g/mol. The second kappa shape index (κ2) is 1.84. The average molecular weight is 113 g/mol. The van der Waals surface area contributed by atoms with Crippen molar-refractivity contribution in [1.29, 1.82) is 0 Å². The van der Waals surface area contributed by atoms with Crippen LogP contribution in [0.15, 0.2) is 5.18 Å². The molecule has 2 heteroatoms. The summed E-state index contributed by atoms with van der Waals surface area (Å²) in [6.45, 7) is 4.24. The fourth-order valence-corrected chi connectivity index (χ4v) is 1.13. The first-order chi connectivity index (χ1) is 3.75. The van der Waals surface area contributed by atoms with E-state index in [1.165, 1.54) is 0 Å². The maximum atomic E-state index is 9.89. The van der Waals surface area contributed by atoms with Crippen LogP contribution in [-0.2, 0) is 0 Å². The van der Waals surface area contributed by atoms with Crippen molar-refractivity contribution in [1.82, 2.24) is 0 Å². The second-order valence-electron chi connectivity index (χ2n) is 2.74. The number of nitrogens with zero attached hydrogens (tertiary/aromatic N) is 1. The first-order valence-electron chi connectivity index (χ1n) is 3.08. The predicted octanol–water partition coefficient (Wildman–Crippen LogP) is 1.80. The molecule has 0 N–H and O–H groups in total. The molecule has 8 heavy (non-hydrogen) atoms. The minimum atomic E-state index is 0.130. The largest absolute Gasteiger partial charge is 0.151 e. The third kappa shape index (κ3) is 0.641. The topological polar surface area (TPSA) is 29.4 Å². The van der Waals surface area contributed by atoms with Crippen molar-refractivity contribution in [2.75, 3.05) is 0 Å². The molecule has 0 bridgehead atoms. The molecule has 0 spiro atoms. The Morgan fingerprint density at radius 3 is 2.25 bits per heavy atom. The summed E-state index contributed by atoms with van der Waals surface area (Å²) in [5, 5.41) is 2.98. The molecule has 1 fully saturated rings. The van der Waals surface area contributed by atoms with Crippen LogP contribution in [0.25, 0.3) is 0 Å². The van der Waals surface area contributed by atoms with Crippen LogP contribution < -0.4 is 0 Å². The summed E-state index contributed by atoms with van der Waals surface area (Å²) in [5.41, 5.74) is 0. The smallest absolute Gasteiger partial charge is 0.0950 e. The van der Waals surface area contributed by atoms with Gasteiger partial charge in [0.2, 0.25) is 0 Å². The van der Waals surface area contributed by atoms with Crippen molar-refractivity contribution < 1.29 is 0 Å². The maximum Gasteiger partial charge on any atom is 0.0950 e. The quantitative estimate of drug-likeness (QED) is 0.477. The van der Waals surface area contributed by atoms with E-state index in [-0.39, 0.29) is 6.04 Å². The van der Waals surface area contributed by atoms with E-state index in [0.717, 1.165) is 12.3 Å². The maximum absolute atomic E-state index is 9.89. The lowest BCUT2D eigenvalue weighted by molar-refractivity contribution is 0.173. The van der Waals surface area contributed by atoms with Gasteiger partial charge in [-0.2, -0.15) is 4.91 Å². The Hall–Kier alpha value is -0.400. The molecule has 0 amide bonds. The minimum absolute atomic E-state index is 0.130. The number of nitroso groups, excluding NO2 is 1. The van der Waals surface area contributed by atoms with E-state index >= 15 is 0 Å². The third-order valence-corrected chi connectivity index (χ3v) is 2.25. The van der Waals surface area contributed by atoms with Crippen molar-refractivity contribution in [3.63, 3.8) is 0 Å². The van der Waals surface area contributed by atoms with Crippen LogP contribution in [0.3, 0.4) is 0 Å². The van der Waals surface area contributed by atoms with Crippen LogP contribution in [0.5, 0.6) is 0 Å². The molecule has 3 unspecified atom stereocenters. The van der Waals surface area contributed by atoms with Gasteiger partial charge in [-0.15, -0.1) is 0 Å². The molecule has 3 atom stereocenters. The number of hydrogen-bond acceptors (Lipinski definition) is 2. The van der Waals surface area contributed by atoms with Gasteiger partial charge in [-0.25, -0.2) is 0 Å². The lowest BCUT2D eigenvalue weighted by atomic mass is 9.72. The van der Waals surface area contributed by atoms with Gasteiger partial charge in [0, 0.05) is 0 Å². The summed E-state index contributed by atoms with van der Waals surface area (Å²) in [6.07, 6.45) is 1.00. The highest BCUT2D eigenvalue weighted by Gasteiger charge is 2.35. The first kappa shape index (κ1) is 5.73. The second-order valence-corrected chi connectivity index (χ2v) is 2.74. The summed E-state index contributed by atoms with van der Waals surface area (Å²) in [4.78, 5) is 9.89. The summed E-state index contributed by atoms with van der Waals surface area (Å²) in [6, 6.07) is 0.130. The lowest BCUT2D eigenvalue weighted by Gasteiger charge is -2.35. The van der Waals surface area contributed by atoms with Gasteiger partial charge in [0.05, 0.1) is 6.04 Å². The SMILES string of the molecule is CC1CC(N=O)C1C. The molecule has 0 aromatic heterocycles. The van der Waals surface area contributed by atoms with Crippen molar-refractivity contribution >= 4 is 0 Å². The Kier molecular flexibility index (Phi) is 1.32. The van der Waals surface area contributed by atoms with Gasteiger partial charge in [0.15, 0.2) is 0 Å². The molecule has 0 aromatic rings.